The normalized spacial score (nSPS) is 15.1. The monoisotopic (exact) mass is 294 g/mol. The van der Waals surface area contributed by atoms with E-state index in [1.165, 1.54) is 0 Å². The summed E-state index contributed by atoms with van der Waals surface area (Å²) in [5, 5.41) is 0. The average Bonchev–Trinajstić information content (AvgIpc) is 2.80. The zero-order valence-corrected chi connectivity index (χ0v) is 12.3. The van der Waals surface area contributed by atoms with Crippen LogP contribution in [0.15, 0.2) is 42.5 Å². The summed E-state index contributed by atoms with van der Waals surface area (Å²) < 4.78 is 10.5. The molecule has 2 aromatic carbocycles. The first-order valence-electron chi connectivity index (χ1n) is 6.78. The van der Waals surface area contributed by atoms with Crippen LogP contribution in [-0.4, -0.2) is 25.8 Å². The van der Waals surface area contributed by atoms with Gasteiger partial charge in [0.25, 0.3) is 0 Å². The Morgan fingerprint density at radius 2 is 1.59 bits per heavy atom. The Morgan fingerprint density at radius 3 is 2.27 bits per heavy atom. The zero-order chi connectivity index (χ0) is 15.7. The van der Waals surface area contributed by atoms with Crippen LogP contribution in [0.1, 0.15) is 21.5 Å². The van der Waals surface area contributed by atoms with Crippen molar-refractivity contribution in [1.29, 1.82) is 0 Å². The van der Waals surface area contributed by atoms with Crippen LogP contribution < -0.4 is 9.47 Å². The number of Topliss-reactive ketones (excluding diaryl/α,β-unsaturated/α-hetero) is 2. The lowest BCUT2D eigenvalue weighted by Crippen LogP contribution is -2.05. The molecule has 0 bridgehead atoms. The van der Waals surface area contributed by atoms with Crippen molar-refractivity contribution in [2.75, 3.05) is 14.2 Å². The fourth-order valence-corrected chi connectivity index (χ4v) is 2.53. The zero-order valence-electron chi connectivity index (χ0n) is 12.3. The number of allylic oxidation sites excluding steroid dienone is 1. The van der Waals surface area contributed by atoms with Crippen molar-refractivity contribution < 1.29 is 19.1 Å². The molecule has 4 nitrogen and oxygen atoms in total. The number of hydrogen-bond donors (Lipinski definition) is 0. The third kappa shape index (κ3) is 2.19. The maximum Gasteiger partial charge on any atom is 0.234 e. The third-order valence-corrected chi connectivity index (χ3v) is 3.65. The van der Waals surface area contributed by atoms with Crippen molar-refractivity contribution in [2.24, 2.45) is 0 Å². The van der Waals surface area contributed by atoms with Gasteiger partial charge in [-0.05, 0) is 29.8 Å². The molecule has 0 saturated heterocycles. The number of benzene rings is 2. The van der Waals surface area contributed by atoms with Gasteiger partial charge in [0, 0.05) is 16.7 Å². The number of ketones is 2. The van der Waals surface area contributed by atoms with E-state index in [4.69, 9.17) is 9.47 Å². The summed E-state index contributed by atoms with van der Waals surface area (Å²) in [4.78, 5) is 24.3. The van der Waals surface area contributed by atoms with Crippen LogP contribution in [0.5, 0.6) is 11.5 Å². The van der Waals surface area contributed by atoms with E-state index >= 15 is 0 Å². The largest absolute Gasteiger partial charge is 0.497 e. The summed E-state index contributed by atoms with van der Waals surface area (Å²) in [5.41, 5.74) is 2.17. The lowest BCUT2D eigenvalue weighted by Gasteiger charge is -2.08. The highest BCUT2D eigenvalue weighted by atomic mass is 16.5. The molecule has 0 atom stereocenters. The molecule has 0 fully saturated rings. The summed E-state index contributed by atoms with van der Waals surface area (Å²) in [6.45, 7) is 0. The molecule has 1 aliphatic rings. The van der Waals surface area contributed by atoms with Gasteiger partial charge in [-0.25, -0.2) is 0 Å². The van der Waals surface area contributed by atoms with Gasteiger partial charge < -0.3 is 9.47 Å². The molecular formula is C18H14O4. The van der Waals surface area contributed by atoms with Crippen LogP contribution in [0, 0.1) is 0 Å². The SMILES string of the molecule is COc1ccc(OC)c(/C=C2/C(=O)C(=O)c3ccccc32)c1. The lowest BCUT2D eigenvalue weighted by atomic mass is 10.0. The quantitative estimate of drug-likeness (QED) is 0.645. The number of ether oxygens (including phenoxy) is 2. The van der Waals surface area contributed by atoms with Gasteiger partial charge in [0.05, 0.1) is 14.2 Å². The third-order valence-electron chi connectivity index (χ3n) is 3.65. The lowest BCUT2D eigenvalue weighted by molar-refractivity contribution is -0.109. The summed E-state index contributed by atoms with van der Waals surface area (Å²) in [6, 6.07) is 12.3. The van der Waals surface area contributed by atoms with Crippen molar-refractivity contribution in [2.45, 2.75) is 0 Å². The Labute approximate surface area is 128 Å². The maximum absolute atomic E-state index is 12.2. The summed E-state index contributed by atoms with van der Waals surface area (Å²) in [6.07, 6.45) is 1.67. The molecule has 0 amide bonds. The second-order valence-electron chi connectivity index (χ2n) is 4.87. The van der Waals surface area contributed by atoms with E-state index in [2.05, 4.69) is 0 Å². The van der Waals surface area contributed by atoms with Gasteiger partial charge in [0.2, 0.25) is 11.6 Å². The Balaban J connectivity index is 2.17. The van der Waals surface area contributed by atoms with Crippen LogP contribution in [0.2, 0.25) is 0 Å². The highest BCUT2D eigenvalue weighted by Crippen LogP contribution is 2.34. The van der Waals surface area contributed by atoms with Gasteiger partial charge in [0.1, 0.15) is 11.5 Å². The first-order valence-corrected chi connectivity index (χ1v) is 6.78. The van der Waals surface area contributed by atoms with E-state index in [0.717, 1.165) is 0 Å². The maximum atomic E-state index is 12.2. The van der Waals surface area contributed by atoms with Crippen molar-refractivity contribution in [1.82, 2.24) is 0 Å². The van der Waals surface area contributed by atoms with E-state index in [1.54, 1.807) is 62.8 Å². The van der Waals surface area contributed by atoms with Crippen molar-refractivity contribution >= 4 is 23.2 Å². The molecule has 110 valence electrons. The molecule has 0 aliphatic heterocycles. The second kappa shape index (κ2) is 5.48. The Hall–Kier alpha value is -2.88. The minimum Gasteiger partial charge on any atom is -0.497 e. The number of rotatable bonds is 3. The standard InChI is InChI=1S/C18H14O4/c1-21-12-7-8-16(22-2)11(9-12)10-15-13-5-3-4-6-14(13)17(19)18(15)20/h3-10H,1-2H3/b15-10+. The van der Waals surface area contributed by atoms with Gasteiger partial charge in [0.15, 0.2) is 0 Å². The Morgan fingerprint density at radius 1 is 0.864 bits per heavy atom. The van der Waals surface area contributed by atoms with Crippen LogP contribution in [0.25, 0.3) is 11.6 Å². The van der Waals surface area contributed by atoms with Crippen molar-refractivity contribution in [3.63, 3.8) is 0 Å². The molecule has 3 rings (SSSR count). The van der Waals surface area contributed by atoms with Crippen LogP contribution >= 0.6 is 0 Å². The fraction of sp³-hybridized carbons (Fsp3) is 0.111. The number of carbonyl (C=O) groups is 2. The average molecular weight is 294 g/mol. The summed E-state index contributed by atoms with van der Waals surface area (Å²) in [5.74, 6) is 0.297. The smallest absolute Gasteiger partial charge is 0.234 e. The number of fused-ring (bicyclic) bond motifs is 1. The molecule has 4 heteroatoms. The molecule has 1 aliphatic carbocycles. The van der Waals surface area contributed by atoms with E-state index in [0.29, 0.717) is 33.8 Å². The van der Waals surface area contributed by atoms with Gasteiger partial charge in [-0.15, -0.1) is 0 Å². The summed E-state index contributed by atoms with van der Waals surface area (Å²) in [7, 11) is 3.12. The molecule has 0 heterocycles. The van der Waals surface area contributed by atoms with Gasteiger partial charge in [-0.3, -0.25) is 9.59 Å². The molecule has 0 unspecified atom stereocenters. The van der Waals surface area contributed by atoms with Crippen LogP contribution in [0.3, 0.4) is 0 Å². The Bertz CT molecular complexity index is 802. The predicted molar refractivity (Wildman–Crippen MR) is 83.2 cm³/mol. The van der Waals surface area contributed by atoms with Gasteiger partial charge in [-0.2, -0.15) is 0 Å². The Kier molecular flexibility index (Phi) is 3.51. The highest BCUT2D eigenvalue weighted by molar-refractivity contribution is 6.64. The molecule has 0 radical (unpaired) electrons. The molecule has 0 aromatic heterocycles. The van der Waals surface area contributed by atoms with Crippen LogP contribution in [0.4, 0.5) is 0 Å². The van der Waals surface area contributed by atoms with E-state index in [1.807, 2.05) is 0 Å². The van der Waals surface area contributed by atoms with Crippen LogP contribution in [-0.2, 0) is 4.79 Å². The minimum atomic E-state index is -0.494. The van der Waals surface area contributed by atoms with E-state index < -0.39 is 11.6 Å². The van der Waals surface area contributed by atoms with Crippen molar-refractivity contribution in [3.8, 4) is 11.5 Å². The second-order valence-corrected chi connectivity index (χ2v) is 4.87. The van der Waals surface area contributed by atoms with E-state index in [-0.39, 0.29) is 0 Å². The van der Waals surface area contributed by atoms with Crippen molar-refractivity contribution in [3.05, 3.63) is 59.2 Å². The van der Waals surface area contributed by atoms with Gasteiger partial charge >= 0.3 is 0 Å². The van der Waals surface area contributed by atoms with Gasteiger partial charge in [-0.1, -0.05) is 24.3 Å². The minimum absolute atomic E-state index is 0.382. The van der Waals surface area contributed by atoms with E-state index in [9.17, 15) is 9.59 Å². The molecule has 2 aromatic rings. The topological polar surface area (TPSA) is 52.6 Å². The first kappa shape index (κ1) is 14.1. The number of hydrogen-bond acceptors (Lipinski definition) is 4. The highest BCUT2D eigenvalue weighted by Gasteiger charge is 2.32. The summed E-state index contributed by atoms with van der Waals surface area (Å²) >= 11 is 0. The number of carbonyl (C=O) groups excluding carboxylic acids is 2. The fourth-order valence-electron chi connectivity index (χ4n) is 2.53. The molecule has 0 spiro atoms. The molecule has 0 saturated carbocycles. The molecular weight excluding hydrogens is 280 g/mol. The first-order chi connectivity index (χ1) is 10.7. The molecule has 22 heavy (non-hydrogen) atoms. The number of methoxy groups -OCH3 is 2. The predicted octanol–water partition coefficient (Wildman–Crippen LogP) is 3.01. The molecule has 0 N–H and O–H groups in total.